The molecule has 1 fully saturated rings. The summed E-state index contributed by atoms with van der Waals surface area (Å²) in [5, 5.41) is 6.86. The van der Waals surface area contributed by atoms with Crippen molar-refractivity contribution in [1.82, 2.24) is 25.0 Å². The van der Waals surface area contributed by atoms with Crippen molar-refractivity contribution >= 4 is 29.5 Å². The van der Waals surface area contributed by atoms with Crippen LogP contribution in [0, 0.1) is 25.6 Å². The van der Waals surface area contributed by atoms with Crippen LogP contribution in [0.3, 0.4) is 0 Å². The van der Waals surface area contributed by atoms with Gasteiger partial charge in [-0.05, 0) is 56.0 Å². The Morgan fingerprint density at radius 2 is 1.95 bits per heavy atom. The summed E-state index contributed by atoms with van der Waals surface area (Å²) < 4.78 is 16.2. The molecule has 0 bridgehead atoms. The summed E-state index contributed by atoms with van der Waals surface area (Å²) in [5.74, 6) is -1.36. The molecule has 2 aromatic heterocycles. The predicted octanol–water partition coefficient (Wildman–Crippen LogP) is 3.05. The minimum absolute atomic E-state index is 0.204. The Balaban J connectivity index is 1.63. The van der Waals surface area contributed by atoms with Crippen molar-refractivity contribution in [2.75, 3.05) is 17.7 Å². The van der Waals surface area contributed by atoms with Crippen LogP contribution in [0.1, 0.15) is 41.8 Å². The van der Waals surface area contributed by atoms with Crippen molar-refractivity contribution in [3.63, 3.8) is 0 Å². The maximum atomic E-state index is 14.7. The van der Waals surface area contributed by atoms with Gasteiger partial charge in [0.05, 0.1) is 18.2 Å². The van der Waals surface area contributed by atoms with Gasteiger partial charge in [0.15, 0.2) is 0 Å². The fourth-order valence-corrected chi connectivity index (χ4v) is 4.94. The summed E-state index contributed by atoms with van der Waals surface area (Å²) in [5.41, 5.74) is 8.38. The third-order valence-electron chi connectivity index (χ3n) is 6.88. The first-order valence-corrected chi connectivity index (χ1v) is 12.4. The minimum Gasteiger partial charge on any atom is -0.384 e. The molecular weight excluding hydrogens is 489 g/mol. The Kier molecular flexibility index (Phi) is 7.47. The fourth-order valence-electron chi connectivity index (χ4n) is 4.94. The Bertz CT molecular complexity index is 1370. The standard InChI is InChI=1S/C27H32FN7O3/c1-6-21(18-8-7-15(2)11-20(18)28)32-27(38)35-24(26(37)33(4)23-9-10-30-34(23)5)19(25(35)36)13-17-12-16(3)31-22(29)14-17/h7-12,14,19,21,24H,6,13H2,1-5H3,(H2,29,31)(H,32,38)/t19-,21?,24+/m1/s1. The first-order chi connectivity index (χ1) is 18.0. The zero-order valence-corrected chi connectivity index (χ0v) is 22.1. The number of imide groups is 1. The summed E-state index contributed by atoms with van der Waals surface area (Å²) in [6.45, 7) is 5.37. The van der Waals surface area contributed by atoms with Crippen LogP contribution in [0.4, 0.5) is 20.8 Å². The highest BCUT2D eigenvalue weighted by Gasteiger charge is 2.55. The van der Waals surface area contributed by atoms with Crippen LogP contribution in [-0.2, 0) is 23.1 Å². The lowest BCUT2D eigenvalue weighted by molar-refractivity contribution is -0.156. The van der Waals surface area contributed by atoms with Crippen molar-refractivity contribution in [2.24, 2.45) is 13.0 Å². The number of nitrogens with two attached hydrogens (primary N) is 1. The number of β-lactam (4-membered cyclic amide) rings is 1. The molecule has 0 saturated carbocycles. The summed E-state index contributed by atoms with van der Waals surface area (Å²) >= 11 is 0. The first kappa shape index (κ1) is 26.8. The number of carbonyl (C=O) groups excluding carboxylic acids is 3. The van der Waals surface area contributed by atoms with Gasteiger partial charge in [0.1, 0.15) is 23.5 Å². The maximum Gasteiger partial charge on any atom is 0.325 e. The Morgan fingerprint density at radius 3 is 2.55 bits per heavy atom. The van der Waals surface area contributed by atoms with E-state index in [0.717, 1.165) is 16.0 Å². The molecule has 0 spiro atoms. The largest absolute Gasteiger partial charge is 0.384 e. The van der Waals surface area contributed by atoms with E-state index in [1.165, 1.54) is 15.6 Å². The second kappa shape index (κ2) is 10.6. The highest BCUT2D eigenvalue weighted by atomic mass is 19.1. The molecule has 3 heterocycles. The summed E-state index contributed by atoms with van der Waals surface area (Å²) in [6, 6.07) is 7.39. The van der Waals surface area contributed by atoms with Gasteiger partial charge >= 0.3 is 6.03 Å². The molecule has 4 amide bonds. The third-order valence-corrected chi connectivity index (χ3v) is 6.88. The highest BCUT2D eigenvalue weighted by molar-refractivity contribution is 6.12. The van der Waals surface area contributed by atoms with Gasteiger partial charge in [0, 0.05) is 31.4 Å². The van der Waals surface area contributed by atoms with Crippen molar-refractivity contribution < 1.29 is 18.8 Å². The number of rotatable bonds is 7. The number of hydrogen-bond donors (Lipinski definition) is 2. The number of aromatic nitrogens is 3. The SMILES string of the molecule is CCC(NC(=O)N1C(=O)[C@H](Cc2cc(C)nc(N)c2)[C@H]1C(=O)N(C)c1ccnn1C)c1ccc(C)cc1F. The Morgan fingerprint density at radius 1 is 1.21 bits per heavy atom. The second-order valence-corrected chi connectivity index (χ2v) is 9.65. The van der Waals surface area contributed by atoms with Crippen molar-refractivity contribution in [2.45, 2.75) is 45.7 Å². The van der Waals surface area contributed by atoms with E-state index < -0.39 is 41.7 Å². The Labute approximate surface area is 220 Å². The van der Waals surface area contributed by atoms with Gasteiger partial charge in [-0.25, -0.2) is 14.2 Å². The number of amides is 4. The first-order valence-electron chi connectivity index (χ1n) is 12.4. The molecule has 1 unspecified atom stereocenters. The molecule has 1 saturated heterocycles. The van der Waals surface area contributed by atoms with E-state index in [1.54, 1.807) is 71.4 Å². The normalized spacial score (nSPS) is 17.6. The monoisotopic (exact) mass is 521 g/mol. The number of benzene rings is 1. The predicted molar refractivity (Wildman–Crippen MR) is 141 cm³/mol. The number of aryl methyl sites for hydroxylation is 3. The van der Waals surface area contributed by atoms with Gasteiger partial charge in [0.2, 0.25) is 5.91 Å². The number of anilines is 2. The van der Waals surface area contributed by atoms with Crippen molar-refractivity contribution in [1.29, 1.82) is 0 Å². The van der Waals surface area contributed by atoms with Crippen molar-refractivity contribution in [3.05, 3.63) is 70.8 Å². The van der Waals surface area contributed by atoms with E-state index >= 15 is 0 Å². The summed E-state index contributed by atoms with van der Waals surface area (Å²) in [6.07, 6.45) is 2.15. The van der Waals surface area contributed by atoms with E-state index in [9.17, 15) is 18.8 Å². The fraction of sp³-hybridized carbons (Fsp3) is 0.370. The average molecular weight is 522 g/mol. The number of carbonyl (C=O) groups is 3. The molecule has 1 aliphatic heterocycles. The van der Waals surface area contributed by atoms with Gasteiger partial charge in [-0.2, -0.15) is 5.10 Å². The molecule has 3 N–H and O–H groups in total. The number of nitrogen functional groups attached to an aromatic ring is 1. The highest BCUT2D eigenvalue weighted by Crippen LogP contribution is 2.34. The van der Waals surface area contributed by atoms with Crippen LogP contribution in [0.2, 0.25) is 0 Å². The number of halogens is 1. The number of likely N-dealkylation sites (N-methyl/N-ethyl adjacent to an activating group) is 1. The molecule has 0 aliphatic carbocycles. The van der Waals surface area contributed by atoms with Gasteiger partial charge in [-0.1, -0.05) is 19.1 Å². The molecular formula is C27H32FN7O3. The number of nitrogens with one attached hydrogen (secondary N) is 1. The van der Waals surface area contributed by atoms with Crippen LogP contribution >= 0.6 is 0 Å². The smallest absolute Gasteiger partial charge is 0.325 e. The molecule has 0 radical (unpaired) electrons. The lowest BCUT2D eigenvalue weighted by Crippen LogP contribution is -2.70. The van der Waals surface area contributed by atoms with Gasteiger partial charge < -0.3 is 11.1 Å². The van der Waals surface area contributed by atoms with Crippen LogP contribution in [0.5, 0.6) is 0 Å². The van der Waals surface area contributed by atoms with E-state index in [2.05, 4.69) is 15.4 Å². The average Bonchev–Trinajstić information content (AvgIpc) is 3.28. The summed E-state index contributed by atoms with van der Waals surface area (Å²) in [7, 11) is 3.26. The molecule has 3 atom stereocenters. The lowest BCUT2D eigenvalue weighted by atomic mass is 9.81. The molecule has 1 aliphatic rings. The molecule has 1 aromatic carbocycles. The van der Waals surface area contributed by atoms with E-state index in [4.69, 9.17) is 5.73 Å². The third kappa shape index (κ3) is 5.09. The lowest BCUT2D eigenvalue weighted by Gasteiger charge is -2.46. The number of nitrogens with zero attached hydrogens (tertiary/aromatic N) is 5. The van der Waals surface area contributed by atoms with Crippen molar-refractivity contribution in [3.8, 4) is 0 Å². The quantitative estimate of drug-likeness (QED) is 0.460. The molecule has 10 nitrogen and oxygen atoms in total. The molecule has 38 heavy (non-hydrogen) atoms. The molecule has 3 aromatic rings. The van der Waals surface area contributed by atoms with Crippen LogP contribution in [0.25, 0.3) is 0 Å². The van der Waals surface area contributed by atoms with E-state index in [-0.39, 0.29) is 6.42 Å². The molecule has 4 rings (SSSR count). The van der Waals surface area contributed by atoms with Crippen LogP contribution in [0.15, 0.2) is 42.6 Å². The topological polar surface area (TPSA) is 126 Å². The maximum absolute atomic E-state index is 14.7. The van der Waals surface area contributed by atoms with E-state index in [1.807, 2.05) is 0 Å². The zero-order valence-electron chi connectivity index (χ0n) is 22.1. The second-order valence-electron chi connectivity index (χ2n) is 9.65. The van der Waals surface area contributed by atoms with Gasteiger partial charge in [0.25, 0.3) is 5.91 Å². The molecule has 11 heteroatoms. The minimum atomic E-state index is -1.07. The number of likely N-dealkylation sites (tertiary alicyclic amines) is 1. The van der Waals surface area contributed by atoms with E-state index in [0.29, 0.717) is 29.3 Å². The Hall–Kier alpha value is -4.28. The zero-order chi connectivity index (χ0) is 27.7. The number of hydrogen-bond acceptors (Lipinski definition) is 6. The summed E-state index contributed by atoms with van der Waals surface area (Å²) in [4.78, 5) is 46.9. The van der Waals surface area contributed by atoms with Gasteiger partial charge in [-0.15, -0.1) is 0 Å². The number of urea groups is 1. The molecule has 200 valence electrons. The van der Waals surface area contributed by atoms with Gasteiger partial charge in [-0.3, -0.25) is 24.1 Å². The number of pyridine rings is 1. The van der Waals surface area contributed by atoms with Crippen LogP contribution in [-0.4, -0.2) is 50.6 Å². The van der Waals surface area contributed by atoms with Crippen LogP contribution < -0.4 is 16.0 Å².